The number of carbonyl (C=O) groups excluding carboxylic acids is 2. The summed E-state index contributed by atoms with van der Waals surface area (Å²) >= 11 is 0. The van der Waals surface area contributed by atoms with Crippen molar-refractivity contribution < 1.29 is 14.3 Å². The maximum absolute atomic E-state index is 12.6. The summed E-state index contributed by atoms with van der Waals surface area (Å²) in [7, 11) is 0. The molecule has 1 aromatic rings. The standard InChI is InChI=1S/C19H27N3O3/c1-14-13-25-12-11-22(14)18(23)15-7-9-17(10-8-15)21-19(24)20-16-5-3-2-4-6-16/h7-10,14,16H,2-6,11-13H2,1H3,(H2,20,21,24). The van der Waals surface area contributed by atoms with Crippen molar-refractivity contribution in [2.75, 3.05) is 25.1 Å². The lowest BCUT2D eigenvalue weighted by molar-refractivity contribution is 0.00359. The molecule has 1 aliphatic carbocycles. The molecule has 3 rings (SSSR count). The molecule has 2 N–H and O–H groups in total. The highest BCUT2D eigenvalue weighted by Crippen LogP contribution is 2.18. The summed E-state index contributed by atoms with van der Waals surface area (Å²) in [6.45, 7) is 3.76. The molecule has 1 aliphatic heterocycles. The Balaban J connectivity index is 1.54. The summed E-state index contributed by atoms with van der Waals surface area (Å²) in [5.41, 5.74) is 1.33. The lowest BCUT2D eigenvalue weighted by atomic mass is 9.96. The van der Waals surface area contributed by atoms with Gasteiger partial charge in [0.05, 0.1) is 19.3 Å². The minimum atomic E-state index is -0.173. The average molecular weight is 345 g/mol. The molecule has 0 bridgehead atoms. The van der Waals surface area contributed by atoms with E-state index < -0.39 is 0 Å². The van der Waals surface area contributed by atoms with Gasteiger partial charge >= 0.3 is 6.03 Å². The number of amides is 3. The van der Waals surface area contributed by atoms with Crippen molar-refractivity contribution in [1.82, 2.24) is 10.2 Å². The van der Waals surface area contributed by atoms with Crippen LogP contribution in [0.1, 0.15) is 49.4 Å². The fraction of sp³-hybridized carbons (Fsp3) is 0.579. The van der Waals surface area contributed by atoms with E-state index in [2.05, 4.69) is 10.6 Å². The first kappa shape index (κ1) is 17.7. The van der Waals surface area contributed by atoms with Gasteiger partial charge in [0.15, 0.2) is 0 Å². The number of benzene rings is 1. The van der Waals surface area contributed by atoms with E-state index in [0.717, 1.165) is 12.8 Å². The van der Waals surface area contributed by atoms with Crippen LogP contribution in [0.25, 0.3) is 0 Å². The third kappa shape index (κ3) is 4.72. The van der Waals surface area contributed by atoms with Crippen LogP contribution in [0.15, 0.2) is 24.3 Å². The Bertz CT molecular complexity index is 596. The van der Waals surface area contributed by atoms with Crippen molar-refractivity contribution in [3.8, 4) is 0 Å². The van der Waals surface area contributed by atoms with Gasteiger partial charge in [0.1, 0.15) is 0 Å². The van der Waals surface area contributed by atoms with Crippen molar-refractivity contribution >= 4 is 17.6 Å². The number of nitrogens with one attached hydrogen (secondary N) is 2. The van der Waals surface area contributed by atoms with E-state index in [1.165, 1.54) is 19.3 Å². The number of urea groups is 1. The Labute approximate surface area is 148 Å². The quantitative estimate of drug-likeness (QED) is 0.885. The molecular weight excluding hydrogens is 318 g/mol. The van der Waals surface area contributed by atoms with E-state index in [9.17, 15) is 9.59 Å². The zero-order chi connectivity index (χ0) is 17.6. The molecule has 2 fully saturated rings. The van der Waals surface area contributed by atoms with Crippen LogP contribution in [0.4, 0.5) is 10.5 Å². The van der Waals surface area contributed by atoms with Gasteiger partial charge < -0.3 is 20.3 Å². The first-order valence-electron chi connectivity index (χ1n) is 9.20. The summed E-state index contributed by atoms with van der Waals surface area (Å²) < 4.78 is 5.37. The van der Waals surface area contributed by atoms with Gasteiger partial charge in [0, 0.05) is 23.8 Å². The van der Waals surface area contributed by atoms with Gasteiger partial charge in [-0.3, -0.25) is 4.79 Å². The van der Waals surface area contributed by atoms with Crippen LogP contribution < -0.4 is 10.6 Å². The Morgan fingerprint density at radius 3 is 2.52 bits per heavy atom. The highest BCUT2D eigenvalue weighted by molar-refractivity contribution is 5.95. The van der Waals surface area contributed by atoms with Crippen molar-refractivity contribution in [2.45, 2.75) is 51.1 Å². The van der Waals surface area contributed by atoms with Gasteiger partial charge in [-0.25, -0.2) is 4.79 Å². The van der Waals surface area contributed by atoms with E-state index in [1.807, 2.05) is 11.8 Å². The summed E-state index contributed by atoms with van der Waals surface area (Å²) in [6, 6.07) is 7.27. The third-order valence-corrected chi connectivity index (χ3v) is 4.96. The van der Waals surface area contributed by atoms with E-state index >= 15 is 0 Å². The number of morpholine rings is 1. The molecule has 0 radical (unpaired) electrons. The minimum absolute atomic E-state index is 0.00834. The van der Waals surface area contributed by atoms with Crippen molar-refractivity contribution in [1.29, 1.82) is 0 Å². The molecule has 25 heavy (non-hydrogen) atoms. The second kappa shape index (κ2) is 8.34. The van der Waals surface area contributed by atoms with Crippen LogP contribution in [0.2, 0.25) is 0 Å². The Morgan fingerprint density at radius 1 is 1.12 bits per heavy atom. The van der Waals surface area contributed by atoms with Crippen molar-refractivity contribution in [3.63, 3.8) is 0 Å². The number of hydrogen-bond acceptors (Lipinski definition) is 3. The first-order chi connectivity index (χ1) is 12.1. The Morgan fingerprint density at radius 2 is 1.84 bits per heavy atom. The zero-order valence-corrected chi connectivity index (χ0v) is 14.8. The molecule has 0 aromatic heterocycles. The second-order valence-electron chi connectivity index (χ2n) is 6.93. The molecule has 6 nitrogen and oxygen atoms in total. The van der Waals surface area contributed by atoms with Gasteiger partial charge in [-0.05, 0) is 44.0 Å². The fourth-order valence-electron chi connectivity index (χ4n) is 3.49. The molecule has 1 atom stereocenters. The Kier molecular flexibility index (Phi) is 5.91. The van der Waals surface area contributed by atoms with E-state index in [1.54, 1.807) is 24.3 Å². The van der Waals surface area contributed by atoms with Crippen LogP contribution in [-0.4, -0.2) is 48.7 Å². The van der Waals surface area contributed by atoms with Crippen LogP contribution >= 0.6 is 0 Å². The molecule has 0 spiro atoms. The lowest BCUT2D eigenvalue weighted by Gasteiger charge is -2.33. The molecule has 1 saturated carbocycles. The van der Waals surface area contributed by atoms with Crippen molar-refractivity contribution in [2.24, 2.45) is 0 Å². The topological polar surface area (TPSA) is 70.7 Å². The van der Waals surface area contributed by atoms with Gasteiger partial charge in [0.25, 0.3) is 5.91 Å². The average Bonchev–Trinajstić information content (AvgIpc) is 2.63. The number of hydrogen-bond donors (Lipinski definition) is 2. The number of ether oxygens (including phenoxy) is 1. The molecule has 1 saturated heterocycles. The van der Waals surface area contributed by atoms with Gasteiger partial charge in [-0.15, -0.1) is 0 Å². The maximum atomic E-state index is 12.6. The zero-order valence-electron chi connectivity index (χ0n) is 14.8. The normalized spacial score (nSPS) is 21.6. The number of anilines is 1. The summed E-state index contributed by atoms with van der Waals surface area (Å²) in [4.78, 5) is 26.5. The van der Waals surface area contributed by atoms with Crippen LogP contribution in [0, 0.1) is 0 Å². The molecular formula is C19H27N3O3. The van der Waals surface area contributed by atoms with E-state index in [-0.39, 0.29) is 24.0 Å². The lowest BCUT2D eigenvalue weighted by Crippen LogP contribution is -2.47. The van der Waals surface area contributed by atoms with Gasteiger partial charge in [0.2, 0.25) is 0 Å². The SMILES string of the molecule is CC1COCCN1C(=O)c1ccc(NC(=O)NC2CCCCC2)cc1. The predicted molar refractivity (Wildman–Crippen MR) is 96.8 cm³/mol. The van der Waals surface area contributed by atoms with Gasteiger partial charge in [-0.1, -0.05) is 19.3 Å². The van der Waals surface area contributed by atoms with Crippen LogP contribution in [0.3, 0.4) is 0 Å². The van der Waals surface area contributed by atoms with Crippen molar-refractivity contribution in [3.05, 3.63) is 29.8 Å². The molecule has 1 unspecified atom stereocenters. The molecule has 6 heteroatoms. The molecule has 1 heterocycles. The second-order valence-corrected chi connectivity index (χ2v) is 6.93. The fourth-order valence-corrected chi connectivity index (χ4v) is 3.49. The maximum Gasteiger partial charge on any atom is 0.319 e. The summed E-state index contributed by atoms with van der Waals surface area (Å²) in [6.07, 6.45) is 5.73. The van der Waals surface area contributed by atoms with E-state index in [4.69, 9.17) is 4.74 Å². The molecule has 1 aromatic carbocycles. The smallest absolute Gasteiger partial charge is 0.319 e. The highest BCUT2D eigenvalue weighted by atomic mass is 16.5. The monoisotopic (exact) mass is 345 g/mol. The largest absolute Gasteiger partial charge is 0.377 e. The first-order valence-corrected chi connectivity index (χ1v) is 9.20. The predicted octanol–water partition coefficient (Wildman–Crippen LogP) is 3.00. The Hall–Kier alpha value is -2.08. The highest BCUT2D eigenvalue weighted by Gasteiger charge is 2.24. The minimum Gasteiger partial charge on any atom is -0.377 e. The molecule has 3 amide bonds. The van der Waals surface area contributed by atoms with Crippen LogP contribution in [0.5, 0.6) is 0 Å². The number of carbonyl (C=O) groups is 2. The van der Waals surface area contributed by atoms with Gasteiger partial charge in [-0.2, -0.15) is 0 Å². The summed E-state index contributed by atoms with van der Waals surface area (Å²) in [5, 5.41) is 5.87. The van der Waals surface area contributed by atoms with Crippen LogP contribution in [-0.2, 0) is 4.74 Å². The summed E-state index contributed by atoms with van der Waals surface area (Å²) in [5.74, 6) is 0.00834. The molecule has 136 valence electrons. The third-order valence-electron chi connectivity index (χ3n) is 4.96. The molecule has 2 aliphatic rings. The number of rotatable bonds is 3. The number of nitrogens with zero attached hydrogens (tertiary/aromatic N) is 1. The van der Waals surface area contributed by atoms with E-state index in [0.29, 0.717) is 31.0 Å².